The first-order valence-corrected chi connectivity index (χ1v) is 11.3. The zero-order valence-electron chi connectivity index (χ0n) is 19.2. The van der Waals surface area contributed by atoms with Crippen molar-refractivity contribution in [3.05, 3.63) is 76.8 Å². The van der Waals surface area contributed by atoms with E-state index in [0.717, 1.165) is 0 Å². The molecule has 0 saturated heterocycles. The lowest BCUT2D eigenvalue weighted by Crippen LogP contribution is -2.13. The fourth-order valence-corrected chi connectivity index (χ4v) is 3.21. The fourth-order valence-electron chi connectivity index (χ4n) is 3.08. The number of hydrogen-bond donors (Lipinski definition) is 1. The van der Waals surface area contributed by atoms with Gasteiger partial charge in [-0.05, 0) is 81.4 Å². The highest BCUT2D eigenvalue weighted by Crippen LogP contribution is 2.39. The number of amides is 1. The fraction of sp³-hybridized carbons (Fsp3) is 0.231. The Morgan fingerprint density at radius 3 is 1.85 bits per heavy atom. The summed E-state index contributed by atoms with van der Waals surface area (Å²) in [6.07, 6.45) is 0. The van der Waals surface area contributed by atoms with E-state index in [9.17, 15) is 9.59 Å². The normalized spacial score (nSPS) is 10.4. The standard InChI is InChI=1S/C26H26ClNO6/c1-4-31-22-15-18(16-23(32-5-2)24(22)33-6-3)26(30)34-21-13-7-17(8-14-21)25(29)28-20-11-9-19(27)10-12-20/h7-16H,4-6H2,1-3H3,(H,28,29). The van der Waals surface area contributed by atoms with E-state index < -0.39 is 5.97 Å². The number of nitrogens with one attached hydrogen (secondary N) is 1. The van der Waals surface area contributed by atoms with Crippen molar-refractivity contribution >= 4 is 29.2 Å². The molecule has 0 spiro atoms. The number of carbonyl (C=O) groups is 2. The number of hydrogen-bond acceptors (Lipinski definition) is 6. The van der Waals surface area contributed by atoms with E-state index in [1.165, 1.54) is 0 Å². The molecular weight excluding hydrogens is 458 g/mol. The number of rotatable bonds is 10. The molecule has 7 nitrogen and oxygen atoms in total. The van der Waals surface area contributed by atoms with E-state index in [1.807, 2.05) is 20.8 Å². The number of esters is 1. The molecule has 0 fully saturated rings. The zero-order valence-corrected chi connectivity index (χ0v) is 20.0. The topological polar surface area (TPSA) is 83.1 Å². The highest BCUT2D eigenvalue weighted by atomic mass is 35.5. The van der Waals surface area contributed by atoms with Crippen LogP contribution in [0, 0.1) is 0 Å². The SMILES string of the molecule is CCOc1cc(C(=O)Oc2ccc(C(=O)Nc3ccc(Cl)cc3)cc2)cc(OCC)c1OCC. The van der Waals surface area contributed by atoms with E-state index in [2.05, 4.69) is 5.32 Å². The number of carbonyl (C=O) groups excluding carboxylic acids is 2. The maximum absolute atomic E-state index is 12.8. The summed E-state index contributed by atoms with van der Waals surface area (Å²) >= 11 is 5.86. The lowest BCUT2D eigenvalue weighted by Gasteiger charge is -2.16. The van der Waals surface area contributed by atoms with Gasteiger partial charge in [0.25, 0.3) is 5.91 Å². The molecule has 34 heavy (non-hydrogen) atoms. The van der Waals surface area contributed by atoms with E-state index >= 15 is 0 Å². The van der Waals surface area contributed by atoms with Crippen LogP contribution < -0.4 is 24.3 Å². The molecule has 3 aromatic carbocycles. The second-order valence-electron chi connectivity index (χ2n) is 6.98. The first-order chi connectivity index (χ1) is 16.4. The number of ether oxygens (including phenoxy) is 4. The molecule has 8 heteroatoms. The predicted octanol–water partition coefficient (Wildman–Crippen LogP) is 6.01. The number of benzene rings is 3. The molecule has 3 rings (SSSR count). The molecule has 0 atom stereocenters. The van der Waals surface area contributed by atoms with Gasteiger partial charge in [-0.1, -0.05) is 11.6 Å². The maximum Gasteiger partial charge on any atom is 0.343 e. The first-order valence-electron chi connectivity index (χ1n) is 10.9. The second kappa shape index (κ2) is 12.0. The first kappa shape index (κ1) is 24.9. The molecule has 0 heterocycles. The van der Waals surface area contributed by atoms with E-state index in [4.69, 9.17) is 30.5 Å². The van der Waals surface area contributed by atoms with Crippen molar-refractivity contribution in [2.24, 2.45) is 0 Å². The smallest absolute Gasteiger partial charge is 0.343 e. The lowest BCUT2D eigenvalue weighted by molar-refractivity contribution is 0.0733. The Morgan fingerprint density at radius 1 is 0.765 bits per heavy atom. The third-order valence-corrected chi connectivity index (χ3v) is 4.83. The third-order valence-electron chi connectivity index (χ3n) is 4.57. The number of anilines is 1. The van der Waals surface area contributed by atoms with Crippen LogP contribution in [0.25, 0.3) is 0 Å². The van der Waals surface area contributed by atoms with Gasteiger partial charge in [0.15, 0.2) is 11.5 Å². The van der Waals surface area contributed by atoms with Gasteiger partial charge in [0.1, 0.15) is 5.75 Å². The van der Waals surface area contributed by atoms with Crippen molar-refractivity contribution in [2.75, 3.05) is 25.1 Å². The summed E-state index contributed by atoms with van der Waals surface area (Å²) in [6.45, 7) is 6.74. The van der Waals surface area contributed by atoms with Gasteiger partial charge in [-0.3, -0.25) is 4.79 Å². The molecule has 0 aliphatic carbocycles. The summed E-state index contributed by atoms with van der Waals surface area (Å²) in [6, 6.07) is 16.2. The van der Waals surface area contributed by atoms with Crippen LogP contribution >= 0.6 is 11.6 Å². The van der Waals surface area contributed by atoms with Crippen LogP contribution in [0.2, 0.25) is 5.02 Å². The van der Waals surface area contributed by atoms with Crippen molar-refractivity contribution in [1.82, 2.24) is 0 Å². The number of halogens is 1. The van der Waals surface area contributed by atoms with Crippen LogP contribution in [0.4, 0.5) is 5.69 Å². The summed E-state index contributed by atoms with van der Waals surface area (Å²) in [5.41, 5.74) is 1.28. The van der Waals surface area contributed by atoms with Crippen molar-refractivity contribution in [3.63, 3.8) is 0 Å². The quantitative estimate of drug-likeness (QED) is 0.281. The largest absolute Gasteiger partial charge is 0.490 e. The Bertz CT molecular complexity index is 1100. The van der Waals surface area contributed by atoms with Gasteiger partial charge >= 0.3 is 5.97 Å². The van der Waals surface area contributed by atoms with Crippen molar-refractivity contribution in [3.8, 4) is 23.0 Å². The van der Waals surface area contributed by atoms with Crippen LogP contribution in [-0.2, 0) is 0 Å². The Morgan fingerprint density at radius 2 is 1.32 bits per heavy atom. The summed E-state index contributed by atoms with van der Waals surface area (Å²) in [5.74, 6) is 0.641. The molecule has 1 amide bonds. The highest BCUT2D eigenvalue weighted by Gasteiger charge is 2.20. The van der Waals surface area contributed by atoms with Gasteiger partial charge in [-0.25, -0.2) is 4.79 Å². The Labute approximate surface area is 203 Å². The molecule has 1 N–H and O–H groups in total. The van der Waals surface area contributed by atoms with E-state index in [-0.39, 0.29) is 17.2 Å². The summed E-state index contributed by atoms with van der Waals surface area (Å²) in [5, 5.41) is 3.36. The summed E-state index contributed by atoms with van der Waals surface area (Å²) < 4.78 is 22.5. The molecule has 0 aromatic heterocycles. The van der Waals surface area contributed by atoms with Crippen molar-refractivity contribution in [2.45, 2.75) is 20.8 Å². The van der Waals surface area contributed by atoms with Gasteiger partial charge in [0.2, 0.25) is 5.75 Å². The molecule has 0 saturated carbocycles. The average Bonchev–Trinajstić information content (AvgIpc) is 2.83. The second-order valence-corrected chi connectivity index (χ2v) is 7.41. The summed E-state index contributed by atoms with van der Waals surface area (Å²) in [7, 11) is 0. The van der Waals surface area contributed by atoms with Gasteiger partial charge < -0.3 is 24.3 Å². The third kappa shape index (κ3) is 6.42. The Hall–Kier alpha value is -3.71. The van der Waals surface area contributed by atoms with Crippen LogP contribution in [0.5, 0.6) is 23.0 Å². The molecule has 0 unspecified atom stereocenters. The van der Waals surface area contributed by atoms with Crippen molar-refractivity contribution < 1.29 is 28.5 Å². The van der Waals surface area contributed by atoms with Gasteiger partial charge in [0, 0.05) is 16.3 Å². The van der Waals surface area contributed by atoms with Crippen LogP contribution in [0.15, 0.2) is 60.7 Å². The molecule has 0 bridgehead atoms. The molecule has 0 aliphatic heterocycles. The van der Waals surface area contributed by atoms with Crippen LogP contribution in [0.3, 0.4) is 0 Å². The molecule has 0 aliphatic rings. The zero-order chi connectivity index (χ0) is 24.5. The summed E-state index contributed by atoms with van der Waals surface area (Å²) in [4.78, 5) is 25.3. The minimum Gasteiger partial charge on any atom is -0.490 e. The minimum atomic E-state index is -0.594. The molecule has 0 radical (unpaired) electrons. The van der Waals surface area contributed by atoms with E-state index in [0.29, 0.717) is 53.3 Å². The average molecular weight is 484 g/mol. The van der Waals surface area contributed by atoms with Crippen LogP contribution in [-0.4, -0.2) is 31.7 Å². The maximum atomic E-state index is 12.8. The van der Waals surface area contributed by atoms with Gasteiger partial charge in [-0.2, -0.15) is 0 Å². The van der Waals surface area contributed by atoms with Gasteiger partial charge in [-0.15, -0.1) is 0 Å². The Balaban J connectivity index is 1.74. The monoisotopic (exact) mass is 483 g/mol. The lowest BCUT2D eigenvalue weighted by atomic mass is 10.1. The predicted molar refractivity (Wildman–Crippen MR) is 131 cm³/mol. The molecular formula is C26H26ClNO6. The van der Waals surface area contributed by atoms with Crippen LogP contribution in [0.1, 0.15) is 41.5 Å². The minimum absolute atomic E-state index is 0.250. The Kier molecular flexibility index (Phi) is 8.76. The van der Waals surface area contributed by atoms with E-state index in [1.54, 1.807) is 60.7 Å². The van der Waals surface area contributed by atoms with Gasteiger partial charge in [0.05, 0.1) is 25.4 Å². The molecule has 178 valence electrons. The van der Waals surface area contributed by atoms with Crippen molar-refractivity contribution in [1.29, 1.82) is 0 Å². The molecule has 3 aromatic rings. The highest BCUT2D eigenvalue weighted by molar-refractivity contribution is 6.30.